The molecule has 1 heterocycles. The molecule has 1 aromatic rings. The molecule has 0 fully saturated rings. The number of rotatable bonds is 1. The van der Waals surface area contributed by atoms with Crippen LogP contribution >= 0.6 is 0 Å². The minimum Gasteiger partial charge on any atom is -0.492 e. The highest BCUT2D eigenvalue weighted by molar-refractivity contribution is 5.33. The van der Waals surface area contributed by atoms with Gasteiger partial charge in [0, 0.05) is 18.7 Å². The fraction of sp³-hybridized carbons (Fsp3) is 0.364. The quantitative estimate of drug-likeness (QED) is 0.625. The molecule has 0 unspecified atom stereocenters. The Morgan fingerprint density at radius 2 is 2.29 bits per heavy atom. The molecule has 14 heavy (non-hydrogen) atoms. The molecule has 0 N–H and O–H groups in total. The lowest BCUT2D eigenvalue weighted by molar-refractivity contribution is 0.244. The molecule has 0 bridgehead atoms. The first-order valence-corrected chi connectivity index (χ1v) is 4.70. The van der Waals surface area contributed by atoms with Crippen molar-refractivity contribution in [2.45, 2.75) is 6.54 Å². The predicted molar refractivity (Wildman–Crippen MR) is 52.8 cm³/mol. The summed E-state index contributed by atoms with van der Waals surface area (Å²) < 4.78 is 5.57. The summed E-state index contributed by atoms with van der Waals surface area (Å²) in [6, 6.07) is 10.2. The van der Waals surface area contributed by atoms with E-state index in [4.69, 9.17) is 10.00 Å². The number of ether oxygens (including phenoxy) is 1. The van der Waals surface area contributed by atoms with Crippen molar-refractivity contribution in [3.8, 4) is 11.8 Å². The summed E-state index contributed by atoms with van der Waals surface area (Å²) in [5, 5.41) is 8.63. The van der Waals surface area contributed by atoms with Gasteiger partial charge in [0.25, 0.3) is 0 Å². The summed E-state index contributed by atoms with van der Waals surface area (Å²) in [6.45, 7) is 2.77. The van der Waals surface area contributed by atoms with Gasteiger partial charge < -0.3 is 4.74 Å². The van der Waals surface area contributed by atoms with Crippen molar-refractivity contribution in [3.05, 3.63) is 29.8 Å². The zero-order valence-electron chi connectivity index (χ0n) is 7.94. The van der Waals surface area contributed by atoms with Gasteiger partial charge in [-0.15, -0.1) is 0 Å². The molecule has 2 rings (SSSR count). The number of para-hydroxylation sites is 1. The molecular formula is C11H12N2O. The van der Waals surface area contributed by atoms with Crippen molar-refractivity contribution in [2.75, 3.05) is 19.7 Å². The van der Waals surface area contributed by atoms with Crippen LogP contribution in [0, 0.1) is 11.3 Å². The average Bonchev–Trinajstić information content (AvgIpc) is 2.40. The van der Waals surface area contributed by atoms with E-state index < -0.39 is 0 Å². The Hall–Kier alpha value is -1.53. The van der Waals surface area contributed by atoms with Crippen LogP contribution in [0.25, 0.3) is 0 Å². The van der Waals surface area contributed by atoms with Gasteiger partial charge >= 0.3 is 0 Å². The zero-order chi connectivity index (χ0) is 9.80. The highest BCUT2D eigenvalue weighted by Gasteiger charge is 2.13. The molecule has 1 aromatic carbocycles. The predicted octanol–water partition coefficient (Wildman–Crippen LogP) is 1.40. The van der Waals surface area contributed by atoms with Crippen LogP contribution in [0.1, 0.15) is 5.56 Å². The van der Waals surface area contributed by atoms with Crippen molar-refractivity contribution in [1.29, 1.82) is 5.26 Å². The van der Waals surface area contributed by atoms with Gasteiger partial charge in [0.15, 0.2) is 0 Å². The first-order chi connectivity index (χ1) is 6.90. The molecule has 0 aromatic heterocycles. The number of nitrogens with zero attached hydrogens (tertiary/aromatic N) is 2. The van der Waals surface area contributed by atoms with Crippen LogP contribution in [0.4, 0.5) is 0 Å². The van der Waals surface area contributed by atoms with E-state index in [1.807, 2.05) is 24.3 Å². The molecule has 3 heteroatoms. The molecule has 3 nitrogen and oxygen atoms in total. The summed E-state index contributed by atoms with van der Waals surface area (Å²) in [5.41, 5.74) is 1.17. The summed E-state index contributed by atoms with van der Waals surface area (Å²) >= 11 is 0. The monoisotopic (exact) mass is 188 g/mol. The van der Waals surface area contributed by atoms with Crippen LogP contribution in [0.15, 0.2) is 24.3 Å². The van der Waals surface area contributed by atoms with Gasteiger partial charge in [-0.3, -0.25) is 4.90 Å². The Balaban J connectivity index is 2.19. The summed E-state index contributed by atoms with van der Waals surface area (Å²) in [5.74, 6) is 0.952. The molecule has 0 atom stereocenters. The van der Waals surface area contributed by atoms with E-state index in [0.29, 0.717) is 13.2 Å². The second-order valence-corrected chi connectivity index (χ2v) is 3.32. The Kier molecular flexibility index (Phi) is 2.66. The molecular weight excluding hydrogens is 176 g/mol. The molecule has 0 spiro atoms. The van der Waals surface area contributed by atoms with Crippen LogP contribution in [0.3, 0.4) is 0 Å². The first-order valence-electron chi connectivity index (χ1n) is 4.70. The maximum atomic E-state index is 8.63. The van der Waals surface area contributed by atoms with Crippen LogP contribution in [-0.2, 0) is 6.54 Å². The van der Waals surface area contributed by atoms with Crippen LogP contribution < -0.4 is 4.74 Å². The normalized spacial score (nSPS) is 16.2. The van der Waals surface area contributed by atoms with E-state index in [9.17, 15) is 0 Å². The number of benzene rings is 1. The van der Waals surface area contributed by atoms with Crippen LogP contribution in [0.5, 0.6) is 5.75 Å². The van der Waals surface area contributed by atoms with E-state index in [0.717, 1.165) is 18.8 Å². The summed E-state index contributed by atoms with van der Waals surface area (Å²) in [4.78, 5) is 2.09. The Morgan fingerprint density at radius 3 is 3.14 bits per heavy atom. The second kappa shape index (κ2) is 4.12. The Labute approximate surface area is 83.5 Å². The smallest absolute Gasteiger partial charge is 0.123 e. The van der Waals surface area contributed by atoms with Crippen LogP contribution in [-0.4, -0.2) is 24.6 Å². The molecule has 0 saturated heterocycles. The van der Waals surface area contributed by atoms with Gasteiger partial charge in [-0.2, -0.15) is 5.26 Å². The molecule has 0 saturated carbocycles. The van der Waals surface area contributed by atoms with Gasteiger partial charge in [-0.25, -0.2) is 0 Å². The molecule has 0 aliphatic carbocycles. The van der Waals surface area contributed by atoms with Crippen molar-refractivity contribution in [2.24, 2.45) is 0 Å². The minimum absolute atomic E-state index is 0.470. The lowest BCUT2D eigenvalue weighted by Crippen LogP contribution is -2.25. The van der Waals surface area contributed by atoms with Crippen molar-refractivity contribution >= 4 is 0 Å². The molecule has 1 aliphatic heterocycles. The molecule has 0 amide bonds. The fourth-order valence-electron chi connectivity index (χ4n) is 1.61. The van der Waals surface area contributed by atoms with E-state index in [2.05, 4.69) is 11.0 Å². The van der Waals surface area contributed by atoms with E-state index in [1.165, 1.54) is 5.56 Å². The third-order valence-electron chi connectivity index (χ3n) is 2.33. The zero-order valence-corrected chi connectivity index (χ0v) is 7.94. The molecule has 1 aliphatic rings. The minimum atomic E-state index is 0.470. The maximum absolute atomic E-state index is 8.63. The topological polar surface area (TPSA) is 36.3 Å². The fourth-order valence-corrected chi connectivity index (χ4v) is 1.61. The van der Waals surface area contributed by atoms with Crippen molar-refractivity contribution in [3.63, 3.8) is 0 Å². The Morgan fingerprint density at radius 1 is 1.43 bits per heavy atom. The van der Waals surface area contributed by atoms with Gasteiger partial charge in [-0.1, -0.05) is 18.2 Å². The van der Waals surface area contributed by atoms with Gasteiger partial charge in [0.2, 0.25) is 0 Å². The SMILES string of the molecule is N#CCN1CCOc2ccccc2C1. The van der Waals surface area contributed by atoms with Crippen LogP contribution in [0.2, 0.25) is 0 Å². The first kappa shape index (κ1) is 9.04. The summed E-state index contributed by atoms with van der Waals surface area (Å²) in [7, 11) is 0. The van der Waals surface area contributed by atoms with E-state index in [-0.39, 0.29) is 0 Å². The van der Waals surface area contributed by atoms with Gasteiger partial charge in [0.05, 0.1) is 12.6 Å². The number of nitriles is 1. The third-order valence-corrected chi connectivity index (χ3v) is 2.33. The molecule has 72 valence electrons. The third kappa shape index (κ3) is 1.86. The second-order valence-electron chi connectivity index (χ2n) is 3.32. The van der Waals surface area contributed by atoms with Gasteiger partial charge in [-0.05, 0) is 6.07 Å². The summed E-state index contributed by atoms with van der Waals surface area (Å²) in [6.07, 6.45) is 0. The number of hydrogen-bond donors (Lipinski definition) is 0. The number of fused-ring (bicyclic) bond motifs is 1. The molecule has 0 radical (unpaired) electrons. The van der Waals surface area contributed by atoms with Crippen molar-refractivity contribution < 1.29 is 4.74 Å². The lowest BCUT2D eigenvalue weighted by Gasteiger charge is -2.14. The van der Waals surface area contributed by atoms with Gasteiger partial charge in [0.1, 0.15) is 12.4 Å². The van der Waals surface area contributed by atoms with Crippen molar-refractivity contribution in [1.82, 2.24) is 4.90 Å². The highest BCUT2D eigenvalue weighted by atomic mass is 16.5. The number of hydrogen-bond acceptors (Lipinski definition) is 3. The maximum Gasteiger partial charge on any atom is 0.123 e. The largest absolute Gasteiger partial charge is 0.492 e. The standard InChI is InChI=1S/C11H12N2O/c12-5-6-13-7-8-14-11-4-2-1-3-10(11)9-13/h1-4H,6-9H2. The average molecular weight is 188 g/mol. The van der Waals surface area contributed by atoms with E-state index >= 15 is 0 Å². The van der Waals surface area contributed by atoms with E-state index in [1.54, 1.807) is 0 Å². The highest BCUT2D eigenvalue weighted by Crippen LogP contribution is 2.21. The lowest BCUT2D eigenvalue weighted by atomic mass is 10.2. The Bertz CT molecular complexity index is 357.